The van der Waals surface area contributed by atoms with Gasteiger partial charge in [0.25, 0.3) is 0 Å². The van der Waals surface area contributed by atoms with Gasteiger partial charge in [0.15, 0.2) is 0 Å². The first-order valence-corrected chi connectivity index (χ1v) is 11.0. The van der Waals surface area contributed by atoms with Crippen molar-refractivity contribution in [2.75, 3.05) is 0 Å². The van der Waals surface area contributed by atoms with E-state index in [9.17, 15) is 0 Å². The molecule has 0 heterocycles. The minimum absolute atomic E-state index is 0.791. The van der Waals surface area contributed by atoms with Crippen LogP contribution in [0.3, 0.4) is 0 Å². The van der Waals surface area contributed by atoms with E-state index >= 15 is 0 Å². The summed E-state index contributed by atoms with van der Waals surface area (Å²) in [5.74, 6) is 0.791. The van der Waals surface area contributed by atoms with Gasteiger partial charge >= 0.3 is 0 Å². The second-order valence-electron chi connectivity index (χ2n) is 7.58. The van der Waals surface area contributed by atoms with Crippen molar-refractivity contribution in [3.63, 3.8) is 0 Å². The van der Waals surface area contributed by atoms with E-state index in [2.05, 4.69) is 32.9 Å². The second-order valence-corrected chi connectivity index (χ2v) is 7.58. The predicted octanol–water partition coefficient (Wildman–Crippen LogP) is 8.85. The van der Waals surface area contributed by atoms with Crippen molar-refractivity contribution in [3.05, 3.63) is 12.2 Å². The molecule has 0 saturated carbocycles. The van der Waals surface area contributed by atoms with Gasteiger partial charge in [0.2, 0.25) is 0 Å². The first-order valence-electron chi connectivity index (χ1n) is 11.0. The van der Waals surface area contributed by atoms with Crippen molar-refractivity contribution < 1.29 is 0 Å². The summed E-state index contributed by atoms with van der Waals surface area (Å²) in [7, 11) is 0. The summed E-state index contributed by atoms with van der Waals surface area (Å²) in [6.45, 7) is 6.97. The summed E-state index contributed by atoms with van der Waals surface area (Å²) in [5.41, 5.74) is 0. The molecule has 1 unspecified atom stereocenters. The van der Waals surface area contributed by atoms with E-state index in [1.54, 1.807) is 0 Å². The van der Waals surface area contributed by atoms with Crippen LogP contribution in [0.2, 0.25) is 0 Å². The van der Waals surface area contributed by atoms with Crippen molar-refractivity contribution >= 4 is 0 Å². The van der Waals surface area contributed by atoms with Gasteiger partial charge in [-0.25, -0.2) is 0 Å². The maximum atomic E-state index is 2.47. The Balaban J connectivity index is 3.22. The van der Waals surface area contributed by atoms with Crippen LogP contribution in [0.5, 0.6) is 0 Å². The zero-order chi connectivity index (χ0) is 17.0. The molecule has 0 aliphatic heterocycles. The molecule has 0 N–H and O–H groups in total. The van der Waals surface area contributed by atoms with Gasteiger partial charge in [0.1, 0.15) is 0 Å². The first-order chi connectivity index (χ1) is 11.3. The molecule has 0 aromatic rings. The summed E-state index contributed by atoms with van der Waals surface area (Å²) >= 11 is 0. The second kappa shape index (κ2) is 19.8. The van der Waals surface area contributed by atoms with Gasteiger partial charge in [0, 0.05) is 0 Å². The number of hydrogen-bond donors (Lipinski definition) is 0. The Morgan fingerprint density at radius 2 is 1.00 bits per heavy atom. The molecule has 0 aromatic carbocycles. The minimum atomic E-state index is 0.791. The van der Waals surface area contributed by atoms with Gasteiger partial charge < -0.3 is 0 Å². The molecular formula is C23H46. The zero-order valence-corrected chi connectivity index (χ0v) is 16.8. The van der Waals surface area contributed by atoms with Crippen LogP contribution in [0, 0.1) is 5.92 Å². The van der Waals surface area contributed by atoms with E-state index in [1.807, 2.05) is 0 Å². The van der Waals surface area contributed by atoms with E-state index in [0.717, 1.165) is 5.92 Å². The number of hydrogen-bond acceptors (Lipinski definition) is 0. The third-order valence-electron chi connectivity index (χ3n) is 4.95. The third kappa shape index (κ3) is 19.7. The highest BCUT2D eigenvalue weighted by molar-refractivity contribution is 4.86. The first kappa shape index (κ1) is 22.7. The molecule has 138 valence electrons. The van der Waals surface area contributed by atoms with Gasteiger partial charge in [-0.15, -0.1) is 0 Å². The van der Waals surface area contributed by atoms with Crippen molar-refractivity contribution in [1.82, 2.24) is 0 Å². The van der Waals surface area contributed by atoms with E-state index in [0.29, 0.717) is 0 Å². The summed E-state index contributed by atoms with van der Waals surface area (Å²) in [6.07, 6.45) is 29.1. The van der Waals surface area contributed by atoms with Gasteiger partial charge in [-0.1, -0.05) is 123 Å². The Hall–Kier alpha value is -0.260. The van der Waals surface area contributed by atoms with Crippen LogP contribution < -0.4 is 0 Å². The van der Waals surface area contributed by atoms with Crippen molar-refractivity contribution in [2.24, 2.45) is 5.92 Å². The number of rotatable bonds is 18. The van der Waals surface area contributed by atoms with E-state index in [1.165, 1.54) is 109 Å². The SMILES string of the molecule is CCCCCCCCCCC/C=C\C(C)CCCCCCCC. The maximum Gasteiger partial charge on any atom is -0.0262 e. The normalized spacial score (nSPS) is 13.0. The highest BCUT2D eigenvalue weighted by Crippen LogP contribution is 2.14. The molecule has 23 heavy (non-hydrogen) atoms. The zero-order valence-electron chi connectivity index (χ0n) is 16.8. The Labute approximate surface area is 148 Å². The predicted molar refractivity (Wildman–Crippen MR) is 108 cm³/mol. The standard InChI is InChI=1S/C23H46/c1-4-6-8-10-12-13-14-15-16-18-20-22-23(3)21-19-17-11-9-7-5-2/h20,22-23H,4-19,21H2,1-3H3/b22-20-. The monoisotopic (exact) mass is 322 g/mol. The fraction of sp³-hybridized carbons (Fsp3) is 0.913. The van der Waals surface area contributed by atoms with Gasteiger partial charge in [-0.2, -0.15) is 0 Å². The van der Waals surface area contributed by atoms with Gasteiger partial charge in [0.05, 0.1) is 0 Å². The van der Waals surface area contributed by atoms with Crippen molar-refractivity contribution in [2.45, 2.75) is 130 Å². The molecule has 1 atom stereocenters. The molecule has 0 spiro atoms. The van der Waals surface area contributed by atoms with Crippen LogP contribution in [0.4, 0.5) is 0 Å². The summed E-state index contributed by atoms with van der Waals surface area (Å²) in [4.78, 5) is 0. The molecule has 0 saturated heterocycles. The molecule has 0 radical (unpaired) electrons. The van der Waals surface area contributed by atoms with E-state index in [-0.39, 0.29) is 0 Å². The molecule has 0 fully saturated rings. The quantitative estimate of drug-likeness (QED) is 0.174. The van der Waals surface area contributed by atoms with E-state index < -0.39 is 0 Å². The van der Waals surface area contributed by atoms with Crippen LogP contribution in [-0.4, -0.2) is 0 Å². The lowest BCUT2D eigenvalue weighted by Gasteiger charge is -2.06. The fourth-order valence-corrected chi connectivity index (χ4v) is 3.24. The third-order valence-corrected chi connectivity index (χ3v) is 4.95. The van der Waals surface area contributed by atoms with E-state index in [4.69, 9.17) is 0 Å². The summed E-state index contributed by atoms with van der Waals surface area (Å²) in [6, 6.07) is 0. The maximum absolute atomic E-state index is 2.47. The lowest BCUT2D eigenvalue weighted by molar-refractivity contribution is 0.541. The average molecular weight is 323 g/mol. The van der Waals surface area contributed by atoms with Crippen LogP contribution in [0.15, 0.2) is 12.2 Å². The number of unbranched alkanes of at least 4 members (excludes halogenated alkanes) is 14. The van der Waals surface area contributed by atoms with Crippen LogP contribution in [0.1, 0.15) is 130 Å². The molecule has 0 aliphatic rings. The Morgan fingerprint density at radius 1 is 0.565 bits per heavy atom. The van der Waals surface area contributed by atoms with Crippen LogP contribution >= 0.6 is 0 Å². The molecule has 0 rings (SSSR count). The van der Waals surface area contributed by atoms with Crippen molar-refractivity contribution in [3.8, 4) is 0 Å². The van der Waals surface area contributed by atoms with Gasteiger partial charge in [-0.3, -0.25) is 0 Å². The molecule has 0 aromatic heterocycles. The largest absolute Gasteiger partial charge is 0.0883 e. The van der Waals surface area contributed by atoms with Crippen molar-refractivity contribution in [1.29, 1.82) is 0 Å². The molecule has 0 nitrogen and oxygen atoms in total. The summed E-state index contributed by atoms with van der Waals surface area (Å²) in [5, 5.41) is 0. The molecule has 0 bridgehead atoms. The van der Waals surface area contributed by atoms with Gasteiger partial charge in [-0.05, 0) is 25.2 Å². The topological polar surface area (TPSA) is 0 Å². The minimum Gasteiger partial charge on any atom is -0.0883 e. The Kier molecular flexibility index (Phi) is 19.6. The molecular weight excluding hydrogens is 276 g/mol. The lowest BCUT2D eigenvalue weighted by Crippen LogP contribution is -1.90. The van der Waals surface area contributed by atoms with Crippen LogP contribution in [0.25, 0.3) is 0 Å². The smallest absolute Gasteiger partial charge is 0.0262 e. The summed E-state index contributed by atoms with van der Waals surface area (Å²) < 4.78 is 0. The lowest BCUT2D eigenvalue weighted by atomic mass is 10.0. The Bertz CT molecular complexity index is 228. The highest BCUT2D eigenvalue weighted by atomic mass is 14.0. The fourth-order valence-electron chi connectivity index (χ4n) is 3.24. The highest BCUT2D eigenvalue weighted by Gasteiger charge is 1.97. The molecule has 0 amide bonds. The molecule has 0 heteroatoms. The molecule has 0 aliphatic carbocycles. The average Bonchev–Trinajstić information content (AvgIpc) is 2.56. The Morgan fingerprint density at radius 3 is 1.52 bits per heavy atom. The number of allylic oxidation sites excluding steroid dienone is 2. The van der Waals surface area contributed by atoms with Crippen LogP contribution in [-0.2, 0) is 0 Å².